The molecule has 8 nitrogen and oxygen atoms in total. The van der Waals surface area contributed by atoms with Crippen molar-refractivity contribution in [2.45, 2.75) is 26.5 Å². The summed E-state index contributed by atoms with van der Waals surface area (Å²) in [6.45, 7) is 4.32. The zero-order valence-electron chi connectivity index (χ0n) is 15.6. The number of primary amides is 1. The normalized spacial score (nSPS) is 15.7. The van der Waals surface area contributed by atoms with E-state index in [0.29, 0.717) is 23.8 Å². The van der Waals surface area contributed by atoms with E-state index in [1.165, 1.54) is 5.56 Å². The third kappa shape index (κ3) is 3.32. The number of allylic oxidation sites excluding steroid dienone is 1. The van der Waals surface area contributed by atoms with Gasteiger partial charge >= 0.3 is 0 Å². The van der Waals surface area contributed by atoms with Crippen molar-refractivity contribution in [2.24, 2.45) is 5.73 Å². The van der Waals surface area contributed by atoms with Gasteiger partial charge in [0.2, 0.25) is 11.9 Å². The van der Waals surface area contributed by atoms with E-state index in [9.17, 15) is 4.79 Å². The Balaban J connectivity index is 1.58. The van der Waals surface area contributed by atoms with E-state index in [1.807, 2.05) is 36.4 Å². The lowest BCUT2D eigenvalue weighted by molar-refractivity contribution is -0.115. The summed E-state index contributed by atoms with van der Waals surface area (Å²) in [6.07, 6.45) is 0. The van der Waals surface area contributed by atoms with Crippen LogP contribution in [0.5, 0.6) is 5.75 Å². The number of hydrogen-bond donors (Lipinski definition) is 2. The highest BCUT2D eigenvalue weighted by Gasteiger charge is 2.32. The van der Waals surface area contributed by atoms with E-state index in [0.717, 1.165) is 16.9 Å². The van der Waals surface area contributed by atoms with Gasteiger partial charge in [0, 0.05) is 5.70 Å². The number of ether oxygens (including phenoxy) is 1. The Morgan fingerprint density at radius 3 is 2.71 bits per heavy atom. The Bertz CT molecular complexity index is 1050. The van der Waals surface area contributed by atoms with Gasteiger partial charge in [0.15, 0.2) is 0 Å². The average molecular weight is 376 g/mol. The molecule has 0 bridgehead atoms. The first kappa shape index (κ1) is 17.7. The van der Waals surface area contributed by atoms with Gasteiger partial charge in [0.25, 0.3) is 0 Å². The van der Waals surface area contributed by atoms with Gasteiger partial charge in [0.1, 0.15) is 18.4 Å². The average Bonchev–Trinajstić information content (AvgIpc) is 3.13. The zero-order chi connectivity index (χ0) is 19.7. The van der Waals surface area contributed by atoms with Gasteiger partial charge in [-0.2, -0.15) is 4.68 Å². The number of hydrogen-bond acceptors (Lipinski definition) is 6. The maximum absolute atomic E-state index is 12.1. The van der Waals surface area contributed by atoms with Crippen LogP contribution in [0.3, 0.4) is 0 Å². The number of nitrogens with zero attached hydrogens (tertiary/aromatic N) is 4. The highest BCUT2D eigenvalue weighted by molar-refractivity contribution is 5.95. The van der Waals surface area contributed by atoms with Crippen LogP contribution in [0.15, 0.2) is 59.8 Å². The van der Waals surface area contributed by atoms with Crippen LogP contribution in [-0.4, -0.2) is 26.1 Å². The maximum Gasteiger partial charge on any atom is 0.248 e. The molecule has 1 aromatic heterocycles. The molecule has 0 fully saturated rings. The van der Waals surface area contributed by atoms with Gasteiger partial charge in [0.05, 0.1) is 5.57 Å². The molecule has 0 saturated heterocycles. The smallest absolute Gasteiger partial charge is 0.248 e. The molecule has 8 heteroatoms. The lowest BCUT2D eigenvalue weighted by Gasteiger charge is -2.26. The van der Waals surface area contributed by atoms with Crippen molar-refractivity contribution in [2.75, 3.05) is 5.32 Å². The zero-order valence-corrected chi connectivity index (χ0v) is 15.6. The number of benzene rings is 2. The molecule has 4 rings (SSSR count). The predicted molar refractivity (Wildman–Crippen MR) is 103 cm³/mol. The monoisotopic (exact) mass is 376 g/mol. The fraction of sp³-hybridized carbons (Fsp3) is 0.200. The number of nitrogens with one attached hydrogen (secondary N) is 1. The number of nitrogens with two attached hydrogens (primary N) is 1. The van der Waals surface area contributed by atoms with Crippen molar-refractivity contribution >= 4 is 11.9 Å². The molecule has 0 aliphatic carbocycles. The van der Waals surface area contributed by atoms with Crippen LogP contribution in [0.25, 0.3) is 0 Å². The summed E-state index contributed by atoms with van der Waals surface area (Å²) >= 11 is 0. The number of amides is 1. The summed E-state index contributed by atoms with van der Waals surface area (Å²) in [5.41, 5.74) is 9.83. The molecule has 1 aliphatic heterocycles. The minimum Gasteiger partial charge on any atom is -0.489 e. The first-order chi connectivity index (χ1) is 13.5. The number of tetrazole rings is 1. The van der Waals surface area contributed by atoms with E-state index in [1.54, 1.807) is 11.6 Å². The van der Waals surface area contributed by atoms with Crippen molar-refractivity contribution in [3.63, 3.8) is 0 Å². The molecule has 0 radical (unpaired) electrons. The molecule has 28 heavy (non-hydrogen) atoms. The molecular weight excluding hydrogens is 356 g/mol. The first-order valence-corrected chi connectivity index (χ1v) is 8.86. The third-order valence-electron chi connectivity index (χ3n) is 4.66. The number of anilines is 1. The van der Waals surface area contributed by atoms with Gasteiger partial charge in [-0.1, -0.05) is 47.1 Å². The van der Waals surface area contributed by atoms with E-state index in [2.05, 4.69) is 39.9 Å². The molecular formula is C20H20N6O2. The first-order valence-electron chi connectivity index (χ1n) is 8.86. The fourth-order valence-electron chi connectivity index (χ4n) is 3.35. The molecule has 1 atom stereocenters. The van der Waals surface area contributed by atoms with Crippen molar-refractivity contribution in [3.05, 3.63) is 76.5 Å². The summed E-state index contributed by atoms with van der Waals surface area (Å²) in [5, 5.41) is 14.7. The maximum atomic E-state index is 12.1. The minimum absolute atomic E-state index is 0.424. The highest BCUT2D eigenvalue weighted by Crippen LogP contribution is 2.34. The van der Waals surface area contributed by atoms with Gasteiger partial charge in [-0.3, -0.25) is 4.79 Å². The van der Waals surface area contributed by atoms with E-state index < -0.39 is 11.9 Å². The second-order valence-electron chi connectivity index (χ2n) is 6.72. The van der Waals surface area contributed by atoms with Crippen LogP contribution in [0.2, 0.25) is 0 Å². The number of carbonyl (C=O) groups is 1. The molecule has 1 unspecified atom stereocenters. The van der Waals surface area contributed by atoms with Crippen LogP contribution in [0.4, 0.5) is 5.95 Å². The number of fused-ring (bicyclic) bond motifs is 1. The summed E-state index contributed by atoms with van der Waals surface area (Å²) in [4.78, 5) is 12.1. The Labute approximate surface area is 162 Å². The molecule has 3 N–H and O–H groups in total. The molecule has 0 saturated carbocycles. The highest BCUT2D eigenvalue weighted by atomic mass is 16.5. The Hall–Kier alpha value is -3.68. The third-order valence-corrected chi connectivity index (χ3v) is 4.66. The molecule has 3 aromatic rings. The Morgan fingerprint density at radius 1 is 1.21 bits per heavy atom. The van der Waals surface area contributed by atoms with Gasteiger partial charge in [-0.15, -0.1) is 0 Å². The minimum atomic E-state index is -0.518. The SMILES string of the molecule is CC1=C(C(N)=O)C(c2ccc(OCc3cccc(C)c3)cc2)n2nnnc2N1. The van der Waals surface area contributed by atoms with E-state index >= 15 is 0 Å². The summed E-state index contributed by atoms with van der Waals surface area (Å²) in [6, 6.07) is 15.2. The van der Waals surface area contributed by atoms with Crippen molar-refractivity contribution in [1.29, 1.82) is 0 Å². The quantitative estimate of drug-likeness (QED) is 0.708. The standard InChI is InChI=1S/C20H20N6O2/c1-12-4-3-5-14(10-12)11-28-16-8-6-15(7-9-16)18-17(19(21)27)13(2)22-20-23-24-25-26(18)20/h3-10,18H,11H2,1-2H3,(H2,21,27)(H,22,23,25). The van der Waals surface area contributed by atoms with Crippen LogP contribution >= 0.6 is 0 Å². The fourth-order valence-corrected chi connectivity index (χ4v) is 3.35. The molecule has 142 valence electrons. The van der Waals surface area contributed by atoms with Gasteiger partial charge < -0.3 is 15.8 Å². The largest absolute Gasteiger partial charge is 0.489 e. The second kappa shape index (κ2) is 7.15. The molecule has 1 aliphatic rings. The number of aryl methyl sites for hydroxylation is 1. The van der Waals surface area contributed by atoms with E-state index in [-0.39, 0.29) is 0 Å². The topological polar surface area (TPSA) is 108 Å². The molecule has 0 spiro atoms. The van der Waals surface area contributed by atoms with Crippen LogP contribution < -0.4 is 15.8 Å². The summed E-state index contributed by atoms with van der Waals surface area (Å²) in [5.74, 6) is 0.681. The predicted octanol–water partition coefficient (Wildman–Crippen LogP) is 2.33. The number of aromatic nitrogens is 4. The Morgan fingerprint density at radius 2 is 2.00 bits per heavy atom. The molecule has 2 aromatic carbocycles. The molecule has 1 amide bonds. The van der Waals surface area contributed by atoms with Crippen molar-refractivity contribution in [1.82, 2.24) is 20.2 Å². The number of carbonyl (C=O) groups excluding carboxylic acids is 1. The second-order valence-corrected chi connectivity index (χ2v) is 6.72. The van der Waals surface area contributed by atoms with Gasteiger partial charge in [-0.25, -0.2) is 0 Å². The van der Waals surface area contributed by atoms with Crippen LogP contribution in [0, 0.1) is 6.92 Å². The van der Waals surface area contributed by atoms with Crippen LogP contribution in [0.1, 0.15) is 29.7 Å². The number of rotatable bonds is 5. The van der Waals surface area contributed by atoms with Crippen LogP contribution in [-0.2, 0) is 11.4 Å². The van der Waals surface area contributed by atoms with Crippen molar-refractivity contribution < 1.29 is 9.53 Å². The summed E-state index contributed by atoms with van der Waals surface area (Å²) < 4.78 is 7.43. The lowest BCUT2D eigenvalue weighted by atomic mass is 9.95. The van der Waals surface area contributed by atoms with Gasteiger partial charge in [-0.05, 0) is 47.5 Å². The molecule has 2 heterocycles. The lowest BCUT2D eigenvalue weighted by Crippen LogP contribution is -2.31. The Kier molecular flexibility index (Phi) is 4.52. The van der Waals surface area contributed by atoms with Crippen molar-refractivity contribution in [3.8, 4) is 5.75 Å². The summed E-state index contributed by atoms with van der Waals surface area (Å²) in [7, 11) is 0. The van der Waals surface area contributed by atoms with E-state index in [4.69, 9.17) is 10.5 Å².